The van der Waals surface area contributed by atoms with Crippen LogP contribution in [0.5, 0.6) is 0 Å². The molecule has 2 aromatic heterocycles. The second-order valence-corrected chi connectivity index (χ2v) is 10.4. The van der Waals surface area contributed by atoms with E-state index in [9.17, 15) is 4.79 Å². The molecule has 0 aliphatic heterocycles. The molecule has 0 atom stereocenters. The topological polar surface area (TPSA) is 98.2 Å². The van der Waals surface area contributed by atoms with Gasteiger partial charge in [-0.15, -0.1) is 0 Å². The van der Waals surface area contributed by atoms with Gasteiger partial charge in [-0.3, -0.25) is 4.79 Å². The predicted molar refractivity (Wildman–Crippen MR) is 142 cm³/mol. The van der Waals surface area contributed by atoms with Crippen molar-refractivity contribution in [3.05, 3.63) is 65.2 Å². The lowest BCUT2D eigenvalue weighted by molar-refractivity contribution is 0.0930. The van der Waals surface area contributed by atoms with Gasteiger partial charge in [0.15, 0.2) is 5.65 Å². The summed E-state index contributed by atoms with van der Waals surface area (Å²) in [6.07, 6.45) is 7.19. The van der Waals surface area contributed by atoms with E-state index in [1.165, 1.54) is 16.7 Å². The average Bonchev–Trinajstić information content (AvgIpc) is 3.11. The van der Waals surface area contributed by atoms with Gasteiger partial charge in [-0.2, -0.15) is 9.78 Å². The van der Waals surface area contributed by atoms with Gasteiger partial charge in [0, 0.05) is 6.04 Å². The van der Waals surface area contributed by atoms with Crippen LogP contribution in [0.2, 0.25) is 0 Å². The fourth-order valence-corrected chi connectivity index (χ4v) is 4.69. The van der Waals surface area contributed by atoms with E-state index in [1.54, 1.807) is 6.21 Å². The van der Waals surface area contributed by atoms with Gasteiger partial charge >= 0.3 is 0 Å². The number of rotatable bonds is 4. The first-order valence-corrected chi connectivity index (χ1v) is 12.3. The molecule has 2 heterocycles. The zero-order chi connectivity index (χ0) is 24.6. The molecular weight excluding hydrogens is 436 g/mol. The zero-order valence-corrected chi connectivity index (χ0v) is 20.6. The lowest BCUT2D eigenvalue weighted by atomic mass is 9.87. The number of fused-ring (bicyclic) bond motifs is 2. The minimum atomic E-state index is -0.215. The van der Waals surface area contributed by atoms with Crippen LogP contribution in [0.25, 0.3) is 22.2 Å². The van der Waals surface area contributed by atoms with E-state index in [-0.39, 0.29) is 23.2 Å². The van der Waals surface area contributed by atoms with Gasteiger partial charge in [0.05, 0.1) is 17.2 Å². The van der Waals surface area contributed by atoms with E-state index >= 15 is 0 Å². The van der Waals surface area contributed by atoms with Crippen LogP contribution in [-0.4, -0.2) is 32.8 Å². The number of carbonyl (C=O) groups is 1. The van der Waals surface area contributed by atoms with Gasteiger partial charge < -0.3 is 11.1 Å². The molecular formula is C28H32N6O. The van der Waals surface area contributed by atoms with Crippen molar-refractivity contribution in [2.75, 3.05) is 5.73 Å². The van der Waals surface area contributed by atoms with E-state index in [0.717, 1.165) is 36.8 Å². The third-order valence-corrected chi connectivity index (χ3v) is 6.74. The predicted octanol–water partition coefficient (Wildman–Crippen LogP) is 5.41. The molecule has 5 rings (SSSR count). The number of nitrogens with two attached hydrogens (primary N) is 1. The van der Waals surface area contributed by atoms with Crippen molar-refractivity contribution in [2.45, 2.75) is 64.3 Å². The number of nitrogens with zero attached hydrogens (tertiary/aromatic N) is 4. The molecule has 0 unspecified atom stereocenters. The van der Waals surface area contributed by atoms with E-state index in [0.29, 0.717) is 22.2 Å². The normalized spacial score (nSPS) is 15.3. The summed E-state index contributed by atoms with van der Waals surface area (Å²) in [7, 11) is 0. The van der Waals surface area contributed by atoms with Gasteiger partial charge in [0.1, 0.15) is 16.9 Å². The number of para-hydroxylation sites is 2. The first-order chi connectivity index (χ1) is 16.8. The van der Waals surface area contributed by atoms with Crippen LogP contribution < -0.4 is 11.1 Å². The minimum Gasteiger partial charge on any atom is -0.383 e. The number of hydrogen-bond acceptors (Lipinski definition) is 5. The first-order valence-electron chi connectivity index (χ1n) is 12.3. The second kappa shape index (κ2) is 9.13. The van der Waals surface area contributed by atoms with Crippen molar-refractivity contribution in [2.24, 2.45) is 5.10 Å². The van der Waals surface area contributed by atoms with Crippen LogP contribution >= 0.6 is 0 Å². The Hall–Kier alpha value is -3.74. The quantitative estimate of drug-likeness (QED) is 0.391. The maximum Gasteiger partial charge on any atom is 0.257 e. The van der Waals surface area contributed by atoms with Crippen LogP contribution in [0, 0.1) is 0 Å². The third kappa shape index (κ3) is 4.63. The molecule has 0 saturated heterocycles. The fourth-order valence-electron chi connectivity index (χ4n) is 4.69. The maximum atomic E-state index is 13.4. The van der Waals surface area contributed by atoms with Crippen molar-refractivity contribution < 1.29 is 4.79 Å². The molecule has 7 nitrogen and oxygen atoms in total. The number of nitrogens with one attached hydrogen (secondary N) is 1. The summed E-state index contributed by atoms with van der Waals surface area (Å²) in [6, 6.07) is 16.0. The molecule has 180 valence electrons. The number of anilines is 1. The molecule has 0 bridgehead atoms. The number of carbonyl (C=O) groups excluding carboxylic acids is 1. The molecule has 3 N–H and O–H groups in total. The van der Waals surface area contributed by atoms with Crippen molar-refractivity contribution in [3.8, 4) is 0 Å². The highest BCUT2D eigenvalue weighted by Crippen LogP contribution is 2.29. The van der Waals surface area contributed by atoms with Crippen molar-refractivity contribution >= 4 is 40.1 Å². The Kier molecular flexibility index (Phi) is 6.01. The molecule has 35 heavy (non-hydrogen) atoms. The molecule has 7 heteroatoms. The average molecular weight is 469 g/mol. The van der Waals surface area contributed by atoms with Gasteiger partial charge in [0.25, 0.3) is 5.91 Å². The van der Waals surface area contributed by atoms with Crippen LogP contribution in [0.3, 0.4) is 0 Å². The Balaban J connectivity index is 1.57. The molecule has 0 radical (unpaired) electrons. The van der Waals surface area contributed by atoms with Crippen LogP contribution in [0.4, 0.5) is 5.82 Å². The first kappa shape index (κ1) is 23.0. The molecule has 4 aromatic rings. The van der Waals surface area contributed by atoms with E-state index in [1.807, 2.05) is 36.4 Å². The number of benzene rings is 2. The summed E-state index contributed by atoms with van der Waals surface area (Å²) < 4.78 is 1.53. The molecule has 0 spiro atoms. The highest BCUT2D eigenvalue weighted by molar-refractivity contribution is 6.10. The summed E-state index contributed by atoms with van der Waals surface area (Å²) in [4.78, 5) is 22.9. The van der Waals surface area contributed by atoms with Gasteiger partial charge in [-0.25, -0.2) is 9.97 Å². The number of amides is 1. The highest BCUT2D eigenvalue weighted by atomic mass is 16.1. The molecule has 1 aliphatic rings. The second-order valence-electron chi connectivity index (χ2n) is 10.4. The van der Waals surface area contributed by atoms with Gasteiger partial charge in [0.2, 0.25) is 0 Å². The lowest BCUT2D eigenvalue weighted by Gasteiger charge is -2.22. The molecule has 2 aromatic carbocycles. The number of nitrogen functional groups attached to an aromatic ring is 1. The van der Waals surface area contributed by atoms with Gasteiger partial charge in [-0.1, -0.05) is 76.4 Å². The monoisotopic (exact) mass is 468 g/mol. The van der Waals surface area contributed by atoms with E-state index in [4.69, 9.17) is 15.7 Å². The van der Waals surface area contributed by atoms with Crippen molar-refractivity contribution in [1.82, 2.24) is 20.0 Å². The van der Waals surface area contributed by atoms with Crippen molar-refractivity contribution in [3.63, 3.8) is 0 Å². The summed E-state index contributed by atoms with van der Waals surface area (Å²) >= 11 is 0. The zero-order valence-electron chi connectivity index (χ0n) is 20.6. The smallest absolute Gasteiger partial charge is 0.257 e. The Bertz CT molecular complexity index is 1410. The lowest BCUT2D eigenvalue weighted by Crippen LogP contribution is -2.36. The van der Waals surface area contributed by atoms with Gasteiger partial charge in [-0.05, 0) is 41.5 Å². The SMILES string of the molecule is CC(C)(C)c1ccc(/C=N\n2c(N)c(C(=O)NC3CCCCC3)c3nc4ccccc4nc32)cc1. The Morgan fingerprint density at radius 3 is 2.34 bits per heavy atom. The summed E-state index contributed by atoms with van der Waals surface area (Å²) in [6.45, 7) is 6.56. The number of aromatic nitrogens is 3. The standard InChI is InChI=1S/C28H32N6O/c1-28(2,3)19-15-13-18(14-16-19)17-30-34-25(29)23(27(35)31-20-9-5-4-6-10-20)24-26(34)33-22-12-8-7-11-21(22)32-24/h7-8,11-17,20H,4-6,9-10,29H2,1-3H3,(H,31,35)/b30-17-. The van der Waals surface area contributed by atoms with E-state index in [2.05, 4.69) is 43.3 Å². The minimum absolute atomic E-state index is 0.0774. The molecule has 1 amide bonds. The van der Waals surface area contributed by atoms with E-state index < -0.39 is 0 Å². The van der Waals surface area contributed by atoms with Crippen LogP contribution in [-0.2, 0) is 5.41 Å². The van der Waals surface area contributed by atoms with Crippen LogP contribution in [0.1, 0.15) is 74.4 Å². The summed E-state index contributed by atoms with van der Waals surface area (Å²) in [5, 5.41) is 7.81. The molecule has 1 aliphatic carbocycles. The largest absolute Gasteiger partial charge is 0.383 e. The maximum absolute atomic E-state index is 13.4. The highest BCUT2D eigenvalue weighted by Gasteiger charge is 2.26. The molecule has 1 saturated carbocycles. The Labute approximate surface area is 205 Å². The van der Waals surface area contributed by atoms with Crippen molar-refractivity contribution in [1.29, 1.82) is 0 Å². The number of hydrogen-bond donors (Lipinski definition) is 2. The summed E-state index contributed by atoms with van der Waals surface area (Å²) in [5.41, 5.74) is 11.5. The Morgan fingerprint density at radius 2 is 1.69 bits per heavy atom. The van der Waals surface area contributed by atoms with Crippen LogP contribution in [0.15, 0.2) is 53.6 Å². The summed E-state index contributed by atoms with van der Waals surface area (Å²) in [5.74, 6) is 0.0265. The third-order valence-electron chi connectivity index (χ3n) is 6.74. The Morgan fingerprint density at radius 1 is 1.03 bits per heavy atom. The molecule has 1 fully saturated rings. The fraction of sp³-hybridized carbons (Fsp3) is 0.357.